The molecule has 18 heavy (non-hydrogen) atoms. The number of amides is 1. The van der Waals surface area contributed by atoms with E-state index in [1.165, 1.54) is 17.0 Å². The van der Waals surface area contributed by atoms with Gasteiger partial charge in [-0.3, -0.25) is 9.36 Å². The highest BCUT2D eigenvalue weighted by molar-refractivity contribution is 5.75. The summed E-state index contributed by atoms with van der Waals surface area (Å²) in [4.78, 5) is 26.5. The zero-order valence-electron chi connectivity index (χ0n) is 10.1. The molecule has 1 amide bonds. The van der Waals surface area contributed by atoms with Crippen molar-refractivity contribution in [2.45, 2.75) is 31.9 Å². The van der Waals surface area contributed by atoms with Crippen molar-refractivity contribution in [2.24, 2.45) is 5.92 Å². The number of hydrogen-bond donors (Lipinski definition) is 2. The Hall–Kier alpha value is -1.69. The van der Waals surface area contributed by atoms with Crippen molar-refractivity contribution < 1.29 is 9.90 Å². The SMILES string of the molecule is O=C(Cn1cccnc1=O)NCC1CCC(O)C1. The maximum atomic E-state index is 11.6. The van der Waals surface area contributed by atoms with Crippen molar-refractivity contribution in [3.8, 4) is 0 Å². The van der Waals surface area contributed by atoms with Crippen molar-refractivity contribution in [1.82, 2.24) is 14.9 Å². The fraction of sp³-hybridized carbons (Fsp3) is 0.583. The van der Waals surface area contributed by atoms with E-state index in [-0.39, 0.29) is 18.6 Å². The summed E-state index contributed by atoms with van der Waals surface area (Å²) in [6, 6.07) is 1.61. The van der Waals surface area contributed by atoms with E-state index in [1.54, 1.807) is 6.07 Å². The second-order valence-electron chi connectivity index (χ2n) is 4.67. The molecule has 0 radical (unpaired) electrons. The topological polar surface area (TPSA) is 84.2 Å². The van der Waals surface area contributed by atoms with E-state index < -0.39 is 5.69 Å². The minimum Gasteiger partial charge on any atom is -0.393 e. The third kappa shape index (κ3) is 3.40. The molecule has 1 aliphatic rings. The molecule has 0 saturated heterocycles. The Morgan fingerprint density at radius 1 is 1.56 bits per heavy atom. The normalized spacial score (nSPS) is 22.9. The number of hydrogen-bond acceptors (Lipinski definition) is 4. The first-order valence-electron chi connectivity index (χ1n) is 6.11. The fourth-order valence-corrected chi connectivity index (χ4v) is 2.21. The van der Waals surface area contributed by atoms with Gasteiger partial charge >= 0.3 is 5.69 Å². The summed E-state index contributed by atoms with van der Waals surface area (Å²) in [6.07, 6.45) is 5.20. The van der Waals surface area contributed by atoms with Crippen LogP contribution < -0.4 is 11.0 Å². The molecule has 98 valence electrons. The molecule has 1 fully saturated rings. The molecule has 1 aromatic heterocycles. The van der Waals surface area contributed by atoms with Crippen LogP contribution in [0, 0.1) is 5.92 Å². The number of aliphatic hydroxyl groups is 1. The molecule has 6 heteroatoms. The molecule has 2 N–H and O–H groups in total. The van der Waals surface area contributed by atoms with Crippen molar-refractivity contribution in [3.05, 3.63) is 28.9 Å². The Bertz CT molecular complexity index is 472. The predicted molar refractivity (Wildman–Crippen MR) is 64.9 cm³/mol. The van der Waals surface area contributed by atoms with Gasteiger partial charge in [0.2, 0.25) is 5.91 Å². The molecule has 0 aromatic carbocycles. The van der Waals surface area contributed by atoms with Gasteiger partial charge in [-0.2, -0.15) is 0 Å². The molecular formula is C12H17N3O3. The van der Waals surface area contributed by atoms with Gasteiger partial charge in [0, 0.05) is 18.9 Å². The molecule has 6 nitrogen and oxygen atoms in total. The van der Waals surface area contributed by atoms with Gasteiger partial charge in [-0.25, -0.2) is 9.78 Å². The summed E-state index contributed by atoms with van der Waals surface area (Å²) in [7, 11) is 0. The highest BCUT2D eigenvalue weighted by Gasteiger charge is 2.22. The smallest absolute Gasteiger partial charge is 0.347 e. The zero-order valence-corrected chi connectivity index (χ0v) is 10.1. The van der Waals surface area contributed by atoms with Gasteiger partial charge in [0.05, 0.1) is 6.10 Å². The third-order valence-corrected chi connectivity index (χ3v) is 3.20. The second kappa shape index (κ2) is 5.77. The Morgan fingerprint density at radius 3 is 3.06 bits per heavy atom. The molecule has 2 rings (SSSR count). The van der Waals surface area contributed by atoms with Gasteiger partial charge in [-0.05, 0) is 31.2 Å². The van der Waals surface area contributed by atoms with E-state index in [4.69, 9.17) is 0 Å². The first-order chi connectivity index (χ1) is 8.65. The predicted octanol–water partition coefficient (Wildman–Crippen LogP) is -0.479. The number of carbonyl (C=O) groups excluding carboxylic acids is 1. The Balaban J connectivity index is 1.79. The number of nitrogens with one attached hydrogen (secondary N) is 1. The van der Waals surface area contributed by atoms with Crippen molar-refractivity contribution in [1.29, 1.82) is 0 Å². The van der Waals surface area contributed by atoms with E-state index in [9.17, 15) is 14.7 Å². The van der Waals surface area contributed by atoms with Gasteiger partial charge in [0.25, 0.3) is 0 Å². The molecule has 0 aliphatic heterocycles. The Morgan fingerprint density at radius 2 is 2.39 bits per heavy atom. The minimum absolute atomic E-state index is 0.0120. The standard InChI is InChI=1S/C12H17N3O3/c16-10-3-2-9(6-10)7-14-11(17)8-15-5-1-4-13-12(15)18/h1,4-5,9-10,16H,2-3,6-8H2,(H,14,17). The number of aromatic nitrogens is 2. The van der Waals surface area contributed by atoms with E-state index >= 15 is 0 Å². The van der Waals surface area contributed by atoms with Crippen LogP contribution in [0.4, 0.5) is 0 Å². The van der Waals surface area contributed by atoms with Gasteiger partial charge in [-0.15, -0.1) is 0 Å². The zero-order chi connectivity index (χ0) is 13.0. The monoisotopic (exact) mass is 251 g/mol. The van der Waals surface area contributed by atoms with Crippen molar-refractivity contribution in [3.63, 3.8) is 0 Å². The highest BCUT2D eigenvalue weighted by Crippen LogP contribution is 2.24. The van der Waals surface area contributed by atoms with Gasteiger partial charge in [0.15, 0.2) is 0 Å². The summed E-state index contributed by atoms with van der Waals surface area (Å²) in [6.45, 7) is 0.548. The van der Waals surface area contributed by atoms with Crippen LogP contribution in [0.25, 0.3) is 0 Å². The molecule has 1 heterocycles. The molecule has 2 atom stereocenters. The molecule has 1 saturated carbocycles. The maximum Gasteiger partial charge on any atom is 0.347 e. The average Bonchev–Trinajstić information content (AvgIpc) is 2.76. The number of aliphatic hydroxyl groups excluding tert-OH is 1. The lowest BCUT2D eigenvalue weighted by molar-refractivity contribution is -0.121. The first-order valence-corrected chi connectivity index (χ1v) is 6.11. The summed E-state index contributed by atoms with van der Waals surface area (Å²) in [5, 5.41) is 12.2. The number of carbonyl (C=O) groups is 1. The van der Waals surface area contributed by atoms with Gasteiger partial charge in [0.1, 0.15) is 6.54 Å². The Labute approximate surface area is 105 Å². The van der Waals surface area contributed by atoms with Gasteiger partial charge < -0.3 is 10.4 Å². The van der Waals surface area contributed by atoms with Crippen LogP contribution in [0.15, 0.2) is 23.3 Å². The van der Waals surface area contributed by atoms with E-state index in [0.29, 0.717) is 12.5 Å². The van der Waals surface area contributed by atoms with Crippen molar-refractivity contribution in [2.75, 3.05) is 6.54 Å². The van der Waals surface area contributed by atoms with Crippen LogP contribution in [0.3, 0.4) is 0 Å². The van der Waals surface area contributed by atoms with Crippen LogP contribution in [-0.4, -0.2) is 33.2 Å². The molecule has 0 spiro atoms. The lowest BCUT2D eigenvalue weighted by atomic mass is 10.1. The van der Waals surface area contributed by atoms with Crippen LogP contribution >= 0.6 is 0 Å². The van der Waals surface area contributed by atoms with Crippen LogP contribution in [0.2, 0.25) is 0 Å². The summed E-state index contributed by atoms with van der Waals surface area (Å²) < 4.78 is 1.26. The Kier molecular flexibility index (Phi) is 4.09. The summed E-state index contributed by atoms with van der Waals surface area (Å²) in [5.74, 6) is 0.140. The third-order valence-electron chi connectivity index (χ3n) is 3.20. The van der Waals surface area contributed by atoms with Crippen LogP contribution in [0.1, 0.15) is 19.3 Å². The lowest BCUT2D eigenvalue weighted by Gasteiger charge is -2.11. The molecule has 1 aromatic rings. The lowest BCUT2D eigenvalue weighted by Crippen LogP contribution is -2.35. The van der Waals surface area contributed by atoms with Crippen LogP contribution in [0.5, 0.6) is 0 Å². The average molecular weight is 251 g/mol. The molecule has 0 bridgehead atoms. The van der Waals surface area contributed by atoms with E-state index in [0.717, 1.165) is 19.3 Å². The summed E-state index contributed by atoms with van der Waals surface area (Å²) in [5.41, 5.74) is -0.427. The molecule has 2 unspecified atom stereocenters. The quantitative estimate of drug-likeness (QED) is 0.757. The number of nitrogens with zero attached hydrogens (tertiary/aromatic N) is 2. The van der Waals surface area contributed by atoms with Crippen LogP contribution in [-0.2, 0) is 11.3 Å². The fourth-order valence-electron chi connectivity index (χ4n) is 2.21. The summed E-state index contributed by atoms with van der Waals surface area (Å²) >= 11 is 0. The largest absolute Gasteiger partial charge is 0.393 e. The number of rotatable bonds is 4. The van der Waals surface area contributed by atoms with Gasteiger partial charge in [-0.1, -0.05) is 0 Å². The highest BCUT2D eigenvalue weighted by atomic mass is 16.3. The second-order valence-corrected chi connectivity index (χ2v) is 4.67. The first kappa shape index (κ1) is 12.8. The molecular weight excluding hydrogens is 234 g/mol. The van der Waals surface area contributed by atoms with Crippen molar-refractivity contribution >= 4 is 5.91 Å². The minimum atomic E-state index is -0.427. The van der Waals surface area contributed by atoms with E-state index in [2.05, 4.69) is 10.3 Å². The molecule has 1 aliphatic carbocycles. The van der Waals surface area contributed by atoms with E-state index in [1.807, 2.05) is 0 Å². The maximum absolute atomic E-state index is 11.6.